The van der Waals surface area contributed by atoms with Crippen LogP contribution >= 0.6 is 0 Å². The summed E-state index contributed by atoms with van der Waals surface area (Å²) in [5, 5.41) is 4.58. The van der Waals surface area contributed by atoms with E-state index in [9.17, 15) is 13.2 Å². The zero-order valence-electron chi connectivity index (χ0n) is 15.0. The van der Waals surface area contributed by atoms with Gasteiger partial charge in [-0.1, -0.05) is 18.2 Å². The third-order valence-electron chi connectivity index (χ3n) is 4.28. The van der Waals surface area contributed by atoms with Crippen LogP contribution in [0.3, 0.4) is 0 Å². The molecule has 0 aliphatic rings. The summed E-state index contributed by atoms with van der Waals surface area (Å²) >= 11 is 0. The predicted molar refractivity (Wildman–Crippen MR) is 107 cm³/mol. The average Bonchev–Trinajstić information content (AvgIpc) is 3.04. The van der Waals surface area contributed by atoms with Crippen molar-refractivity contribution in [3.05, 3.63) is 66.7 Å². The van der Waals surface area contributed by atoms with Crippen LogP contribution in [0.1, 0.15) is 0 Å². The van der Waals surface area contributed by atoms with Gasteiger partial charge in [-0.05, 0) is 48.5 Å². The van der Waals surface area contributed by atoms with Gasteiger partial charge < -0.3 is 14.5 Å². The van der Waals surface area contributed by atoms with Crippen LogP contribution in [0.2, 0.25) is 0 Å². The average molecular weight is 395 g/mol. The van der Waals surface area contributed by atoms with E-state index in [0.717, 1.165) is 28.2 Å². The minimum absolute atomic E-state index is 0.172. The molecular formula is C21H17NO5S. The van der Waals surface area contributed by atoms with Gasteiger partial charge >= 0.3 is 0 Å². The van der Waals surface area contributed by atoms with Gasteiger partial charge in [-0.2, -0.15) is 0 Å². The lowest BCUT2D eigenvalue weighted by atomic mass is 10.1. The van der Waals surface area contributed by atoms with E-state index in [2.05, 4.69) is 5.32 Å². The summed E-state index contributed by atoms with van der Waals surface area (Å²) < 4.78 is 34.3. The van der Waals surface area contributed by atoms with Gasteiger partial charge in [0.2, 0.25) is 0 Å². The van der Waals surface area contributed by atoms with E-state index in [1.807, 2.05) is 36.4 Å². The molecule has 7 heteroatoms. The van der Waals surface area contributed by atoms with E-state index in [0.29, 0.717) is 11.4 Å². The van der Waals surface area contributed by atoms with Gasteiger partial charge in [-0.3, -0.25) is 4.79 Å². The lowest BCUT2D eigenvalue weighted by molar-refractivity contribution is -0.118. The highest BCUT2D eigenvalue weighted by Gasteiger charge is 2.10. The van der Waals surface area contributed by atoms with Crippen LogP contribution in [-0.4, -0.2) is 27.2 Å². The molecule has 0 saturated carbocycles. The van der Waals surface area contributed by atoms with Crippen LogP contribution in [0.5, 0.6) is 5.75 Å². The number of carbonyl (C=O) groups is 1. The Kier molecular flexibility index (Phi) is 4.52. The fourth-order valence-electron chi connectivity index (χ4n) is 2.93. The lowest BCUT2D eigenvalue weighted by Gasteiger charge is -2.08. The molecule has 0 atom stereocenters. The zero-order chi connectivity index (χ0) is 19.7. The molecule has 1 aromatic heterocycles. The minimum atomic E-state index is -3.27. The molecule has 0 radical (unpaired) electrons. The molecule has 1 N–H and O–H groups in total. The van der Waals surface area contributed by atoms with E-state index >= 15 is 0 Å². The maximum Gasteiger partial charge on any atom is 0.262 e. The number of carbonyl (C=O) groups excluding carboxylic acids is 1. The fourth-order valence-corrected chi connectivity index (χ4v) is 3.56. The van der Waals surface area contributed by atoms with Crippen LogP contribution in [0, 0.1) is 0 Å². The van der Waals surface area contributed by atoms with E-state index in [1.165, 1.54) is 24.3 Å². The number of amides is 1. The molecule has 0 bridgehead atoms. The second-order valence-corrected chi connectivity index (χ2v) is 8.41. The number of ether oxygens (including phenoxy) is 1. The topological polar surface area (TPSA) is 85.6 Å². The molecule has 0 aliphatic heterocycles. The number of nitrogens with one attached hydrogen (secondary N) is 1. The Hall–Kier alpha value is -3.32. The molecule has 6 nitrogen and oxygen atoms in total. The smallest absolute Gasteiger partial charge is 0.262 e. The Bertz CT molecular complexity index is 1270. The summed E-state index contributed by atoms with van der Waals surface area (Å²) in [7, 11) is -3.27. The first-order valence-electron chi connectivity index (χ1n) is 8.54. The molecule has 0 fully saturated rings. The Morgan fingerprint density at radius 2 is 1.68 bits per heavy atom. The lowest BCUT2D eigenvalue weighted by Crippen LogP contribution is -2.20. The summed E-state index contributed by atoms with van der Waals surface area (Å²) in [5.74, 6) is 0.214. The Morgan fingerprint density at radius 1 is 0.964 bits per heavy atom. The van der Waals surface area contributed by atoms with E-state index in [-0.39, 0.29) is 17.4 Å². The molecule has 1 amide bonds. The number of benzene rings is 3. The summed E-state index contributed by atoms with van der Waals surface area (Å²) in [6, 6.07) is 19.1. The first kappa shape index (κ1) is 18.1. The molecule has 0 spiro atoms. The fraction of sp³-hybridized carbons (Fsp3) is 0.0952. The number of rotatable bonds is 5. The van der Waals surface area contributed by atoms with Gasteiger partial charge in [0.15, 0.2) is 16.4 Å². The van der Waals surface area contributed by atoms with E-state index in [1.54, 1.807) is 6.07 Å². The van der Waals surface area contributed by atoms with E-state index < -0.39 is 9.84 Å². The van der Waals surface area contributed by atoms with Gasteiger partial charge in [0, 0.05) is 22.7 Å². The number of hydrogen-bond acceptors (Lipinski definition) is 5. The maximum atomic E-state index is 12.1. The number of furan rings is 1. The van der Waals surface area contributed by atoms with Crippen molar-refractivity contribution >= 4 is 43.4 Å². The van der Waals surface area contributed by atoms with Gasteiger partial charge in [-0.25, -0.2) is 8.42 Å². The molecule has 28 heavy (non-hydrogen) atoms. The highest BCUT2D eigenvalue weighted by Crippen LogP contribution is 2.31. The van der Waals surface area contributed by atoms with Crippen LogP contribution in [0.4, 0.5) is 5.69 Å². The number of para-hydroxylation sites is 1. The molecule has 0 unspecified atom stereocenters. The normalized spacial score (nSPS) is 11.6. The summed E-state index contributed by atoms with van der Waals surface area (Å²) in [4.78, 5) is 12.3. The predicted octanol–water partition coefficient (Wildman–Crippen LogP) is 4.01. The number of anilines is 1. The van der Waals surface area contributed by atoms with Gasteiger partial charge in [0.1, 0.15) is 16.9 Å². The number of sulfone groups is 1. The van der Waals surface area contributed by atoms with Crippen molar-refractivity contribution in [3.8, 4) is 5.75 Å². The molecule has 3 aromatic carbocycles. The Balaban J connectivity index is 1.44. The molecule has 4 rings (SSSR count). The number of hydrogen-bond donors (Lipinski definition) is 1. The van der Waals surface area contributed by atoms with Crippen molar-refractivity contribution < 1.29 is 22.4 Å². The first-order valence-corrected chi connectivity index (χ1v) is 10.4. The van der Waals surface area contributed by atoms with E-state index in [4.69, 9.17) is 9.15 Å². The van der Waals surface area contributed by atoms with Gasteiger partial charge in [0.25, 0.3) is 5.91 Å². The molecule has 0 aliphatic carbocycles. The molecule has 1 heterocycles. The van der Waals surface area contributed by atoms with Crippen LogP contribution in [0.15, 0.2) is 76.0 Å². The van der Waals surface area contributed by atoms with Crippen molar-refractivity contribution in [2.45, 2.75) is 4.90 Å². The largest absolute Gasteiger partial charge is 0.484 e. The van der Waals surface area contributed by atoms with Gasteiger partial charge in [0.05, 0.1) is 4.90 Å². The Labute approximate surface area is 161 Å². The molecular weight excluding hydrogens is 378 g/mol. The standard InChI is InChI=1S/C21H17NO5S/c1-28(24,25)16-9-6-14(7-10-16)22-21(23)13-26-15-8-11-20-18(12-15)17-4-2-3-5-19(17)27-20/h2-12H,13H2,1H3,(H,22,23). The third kappa shape index (κ3) is 3.70. The molecule has 0 saturated heterocycles. The highest BCUT2D eigenvalue weighted by atomic mass is 32.2. The van der Waals surface area contributed by atoms with Crippen molar-refractivity contribution in [2.75, 3.05) is 18.2 Å². The second kappa shape index (κ2) is 7.01. The maximum absolute atomic E-state index is 12.1. The van der Waals surface area contributed by atoms with Crippen LogP contribution < -0.4 is 10.1 Å². The second-order valence-electron chi connectivity index (χ2n) is 6.39. The summed E-state index contributed by atoms with van der Waals surface area (Å²) in [6.07, 6.45) is 1.13. The third-order valence-corrected chi connectivity index (χ3v) is 5.41. The van der Waals surface area contributed by atoms with Crippen molar-refractivity contribution in [1.29, 1.82) is 0 Å². The Morgan fingerprint density at radius 3 is 2.43 bits per heavy atom. The summed E-state index contributed by atoms with van der Waals surface area (Å²) in [5.41, 5.74) is 2.05. The monoisotopic (exact) mass is 395 g/mol. The summed E-state index contributed by atoms with van der Waals surface area (Å²) in [6.45, 7) is -0.172. The SMILES string of the molecule is CS(=O)(=O)c1ccc(NC(=O)COc2ccc3oc4ccccc4c3c2)cc1. The zero-order valence-corrected chi connectivity index (χ0v) is 15.8. The molecule has 142 valence electrons. The quantitative estimate of drug-likeness (QED) is 0.552. The first-order chi connectivity index (χ1) is 13.4. The van der Waals surface area contributed by atoms with Crippen molar-refractivity contribution in [2.24, 2.45) is 0 Å². The van der Waals surface area contributed by atoms with Crippen molar-refractivity contribution in [1.82, 2.24) is 0 Å². The molecule has 4 aromatic rings. The van der Waals surface area contributed by atoms with Crippen LogP contribution in [0.25, 0.3) is 21.9 Å². The highest BCUT2D eigenvalue weighted by molar-refractivity contribution is 7.90. The number of fused-ring (bicyclic) bond motifs is 3. The van der Waals surface area contributed by atoms with Crippen molar-refractivity contribution in [3.63, 3.8) is 0 Å². The van der Waals surface area contributed by atoms with Crippen LogP contribution in [-0.2, 0) is 14.6 Å². The van der Waals surface area contributed by atoms with Gasteiger partial charge in [-0.15, -0.1) is 0 Å². The minimum Gasteiger partial charge on any atom is -0.484 e.